The van der Waals surface area contributed by atoms with Crippen molar-refractivity contribution in [2.45, 2.75) is 24.5 Å². The molecule has 1 amide bonds. The van der Waals surface area contributed by atoms with E-state index in [1.165, 1.54) is 17.2 Å². The Morgan fingerprint density at radius 1 is 1.23 bits per heavy atom. The maximum atomic E-state index is 12.5. The van der Waals surface area contributed by atoms with Gasteiger partial charge >= 0.3 is 0 Å². The first-order valence-corrected chi connectivity index (χ1v) is 10.6. The average Bonchev–Trinajstić information content (AvgIpc) is 3.31. The van der Waals surface area contributed by atoms with Crippen LogP contribution in [0.1, 0.15) is 16.6 Å². The van der Waals surface area contributed by atoms with Crippen molar-refractivity contribution in [2.24, 2.45) is 5.14 Å². The number of hydrogen-bond acceptors (Lipinski definition) is 9. The Morgan fingerprint density at radius 2 is 2.00 bits per heavy atom. The van der Waals surface area contributed by atoms with Gasteiger partial charge in [-0.15, -0.1) is 0 Å². The van der Waals surface area contributed by atoms with E-state index in [-0.39, 0.29) is 29.8 Å². The number of carbonyl (C=O) groups is 1. The fraction of sp³-hybridized carbons (Fsp3) is 0.333. The predicted octanol–water partition coefficient (Wildman–Crippen LogP) is -0.706. The van der Waals surface area contributed by atoms with Gasteiger partial charge in [-0.2, -0.15) is 0 Å². The van der Waals surface area contributed by atoms with E-state index in [1.807, 2.05) is 0 Å². The molecule has 1 aliphatic heterocycles. The lowest BCUT2D eigenvalue weighted by Gasteiger charge is -2.16. The number of aliphatic hydroxyl groups is 2. The molecule has 1 unspecified atom stereocenters. The maximum Gasteiger partial charge on any atom is 0.256 e. The zero-order valence-corrected chi connectivity index (χ0v) is 16.9. The highest BCUT2D eigenvalue weighted by Crippen LogP contribution is 2.32. The second-order valence-electron chi connectivity index (χ2n) is 6.78. The first-order valence-electron chi connectivity index (χ1n) is 9.21. The number of nitrogens with one attached hydrogen (secondary N) is 1. The number of amides is 1. The van der Waals surface area contributed by atoms with E-state index in [4.69, 9.17) is 14.6 Å². The van der Waals surface area contributed by atoms with Crippen molar-refractivity contribution in [2.75, 3.05) is 17.9 Å². The van der Waals surface area contributed by atoms with Crippen LogP contribution in [0.4, 0.5) is 5.82 Å². The number of imidazole rings is 1. The van der Waals surface area contributed by atoms with Gasteiger partial charge in [0.2, 0.25) is 0 Å². The van der Waals surface area contributed by atoms with Crippen molar-refractivity contribution in [1.82, 2.24) is 19.5 Å². The van der Waals surface area contributed by atoms with E-state index in [9.17, 15) is 19.2 Å². The van der Waals surface area contributed by atoms with Crippen molar-refractivity contribution >= 4 is 33.9 Å². The molecule has 31 heavy (non-hydrogen) atoms. The van der Waals surface area contributed by atoms with Gasteiger partial charge in [-0.1, -0.05) is 18.2 Å². The molecule has 0 radical (unpaired) electrons. The van der Waals surface area contributed by atoms with Crippen molar-refractivity contribution in [3.63, 3.8) is 0 Å². The summed E-state index contributed by atoms with van der Waals surface area (Å²) in [4.78, 5) is 25.0. The molecule has 0 bridgehead atoms. The third-order valence-corrected chi connectivity index (χ3v) is 5.12. The molecule has 5 atom stereocenters. The van der Waals surface area contributed by atoms with Gasteiger partial charge in [-0.25, -0.2) is 24.3 Å². The van der Waals surface area contributed by atoms with Crippen molar-refractivity contribution in [1.29, 1.82) is 0 Å². The second-order valence-corrected chi connectivity index (χ2v) is 7.78. The molecule has 2 aromatic heterocycles. The van der Waals surface area contributed by atoms with Crippen molar-refractivity contribution < 1.29 is 28.7 Å². The molecule has 164 valence electrons. The summed E-state index contributed by atoms with van der Waals surface area (Å²) in [6, 6.07) is 8.62. The second kappa shape index (κ2) is 9.13. The Labute approximate surface area is 178 Å². The number of nitrogens with zero attached hydrogens (tertiary/aromatic N) is 4. The van der Waals surface area contributed by atoms with Crippen LogP contribution in [0.3, 0.4) is 0 Å². The Balaban J connectivity index is 1.55. The summed E-state index contributed by atoms with van der Waals surface area (Å²) in [5, 5.41) is 28.6. The minimum Gasteiger partial charge on any atom is -0.387 e. The van der Waals surface area contributed by atoms with Crippen LogP contribution in [0.15, 0.2) is 43.0 Å². The van der Waals surface area contributed by atoms with Gasteiger partial charge in [0.25, 0.3) is 5.91 Å². The molecule has 0 spiro atoms. The van der Waals surface area contributed by atoms with Crippen LogP contribution >= 0.6 is 0 Å². The third kappa shape index (κ3) is 4.46. The summed E-state index contributed by atoms with van der Waals surface area (Å²) in [5.74, 6) is -0.396. The molecule has 3 heterocycles. The predicted molar refractivity (Wildman–Crippen MR) is 109 cm³/mol. The number of anilines is 1. The van der Waals surface area contributed by atoms with E-state index >= 15 is 0 Å². The minimum atomic E-state index is -1.65. The Hall–Kier alpha value is -2.81. The summed E-state index contributed by atoms with van der Waals surface area (Å²) in [5.41, 5.74) is 1.03. The Morgan fingerprint density at radius 3 is 2.74 bits per heavy atom. The number of fused-ring (bicyclic) bond motifs is 1. The molecule has 0 saturated carbocycles. The van der Waals surface area contributed by atoms with Gasteiger partial charge in [-0.3, -0.25) is 9.36 Å². The number of carbonyl (C=O) groups excluding carboxylic acids is 1. The summed E-state index contributed by atoms with van der Waals surface area (Å²) >= 11 is 0. The highest BCUT2D eigenvalue weighted by atomic mass is 32.2. The molecule has 1 fully saturated rings. The van der Waals surface area contributed by atoms with Gasteiger partial charge in [0.05, 0.1) is 12.9 Å². The van der Waals surface area contributed by atoms with Gasteiger partial charge in [0, 0.05) is 5.56 Å². The van der Waals surface area contributed by atoms with Crippen LogP contribution in [0.2, 0.25) is 0 Å². The van der Waals surface area contributed by atoms with Crippen molar-refractivity contribution in [3.05, 3.63) is 48.5 Å². The standard InChI is InChI=1S/C18H20N6O6S/c19-31(28)9-29-6-11-13(25)14(26)18(30-11)24-8-22-12-15(20-7-21-16(12)24)23-17(27)10-4-2-1-3-5-10/h1-5,7-8,11,13-14,18,25-26H,6,9,19H2,(H,20,21,23,27)/t11-,13-,14-,18-,31?/m1/s1. The molecule has 1 aromatic carbocycles. The van der Waals surface area contributed by atoms with E-state index in [0.717, 1.165) is 0 Å². The van der Waals surface area contributed by atoms with Crippen LogP contribution < -0.4 is 10.5 Å². The molecule has 13 heteroatoms. The van der Waals surface area contributed by atoms with Gasteiger partial charge in [-0.05, 0) is 12.1 Å². The number of rotatable bonds is 7. The number of ether oxygens (including phenoxy) is 2. The van der Waals surface area contributed by atoms with E-state index < -0.39 is 35.5 Å². The van der Waals surface area contributed by atoms with Gasteiger partial charge in [0.1, 0.15) is 41.6 Å². The van der Waals surface area contributed by atoms with E-state index in [1.54, 1.807) is 30.3 Å². The summed E-state index contributed by atoms with van der Waals surface area (Å²) in [7, 11) is -1.65. The summed E-state index contributed by atoms with van der Waals surface area (Å²) < 4.78 is 23.2. The Bertz CT molecular complexity index is 1100. The number of hydrogen-bond donors (Lipinski definition) is 4. The molecule has 5 N–H and O–H groups in total. The largest absolute Gasteiger partial charge is 0.387 e. The quantitative estimate of drug-likeness (QED) is 0.364. The molecule has 12 nitrogen and oxygen atoms in total. The molecular weight excluding hydrogens is 428 g/mol. The Kier molecular flexibility index (Phi) is 6.31. The molecule has 1 saturated heterocycles. The summed E-state index contributed by atoms with van der Waals surface area (Å²) in [6.45, 7) is -0.113. The lowest BCUT2D eigenvalue weighted by atomic mass is 10.1. The first-order chi connectivity index (χ1) is 15.0. The van der Waals surface area contributed by atoms with Crippen LogP contribution in [0.25, 0.3) is 11.2 Å². The average molecular weight is 448 g/mol. The monoisotopic (exact) mass is 448 g/mol. The maximum absolute atomic E-state index is 12.5. The SMILES string of the molecule is NS(=O)COC[C@H]1O[C@@H](n2cnc3c(NC(=O)c4ccccc4)ncnc32)[C@H](O)[C@@H]1O. The fourth-order valence-electron chi connectivity index (χ4n) is 3.24. The van der Waals surface area contributed by atoms with Crippen LogP contribution in [0.5, 0.6) is 0 Å². The molecular formula is C18H20N6O6S. The van der Waals surface area contributed by atoms with Crippen molar-refractivity contribution in [3.8, 4) is 0 Å². The smallest absolute Gasteiger partial charge is 0.256 e. The normalized spacial score (nSPS) is 24.4. The molecule has 4 rings (SSSR count). The first kappa shape index (κ1) is 21.4. The van der Waals surface area contributed by atoms with Gasteiger partial charge < -0.3 is 25.0 Å². The third-order valence-electron chi connectivity index (χ3n) is 4.72. The highest BCUT2D eigenvalue weighted by molar-refractivity contribution is 7.82. The highest BCUT2D eigenvalue weighted by Gasteiger charge is 2.44. The van der Waals surface area contributed by atoms with Gasteiger partial charge in [0.15, 0.2) is 23.2 Å². The van der Waals surface area contributed by atoms with E-state index in [0.29, 0.717) is 11.2 Å². The zero-order chi connectivity index (χ0) is 22.0. The number of nitrogens with two attached hydrogens (primary N) is 1. The zero-order valence-electron chi connectivity index (χ0n) is 16.1. The minimum absolute atomic E-state index is 0.113. The van der Waals surface area contributed by atoms with Crippen LogP contribution in [-0.2, 0) is 20.5 Å². The topological polar surface area (TPSA) is 175 Å². The lowest BCUT2D eigenvalue weighted by molar-refractivity contribution is -0.0599. The molecule has 0 aliphatic carbocycles. The fourth-order valence-corrected chi connectivity index (χ4v) is 3.50. The number of benzene rings is 1. The summed E-state index contributed by atoms with van der Waals surface area (Å²) in [6.07, 6.45) is -1.82. The van der Waals surface area contributed by atoms with Crippen LogP contribution in [0, 0.1) is 0 Å². The van der Waals surface area contributed by atoms with Crippen LogP contribution in [-0.4, -0.2) is 70.7 Å². The number of aromatic nitrogens is 4. The molecule has 3 aromatic rings. The molecule has 1 aliphatic rings. The van der Waals surface area contributed by atoms with E-state index in [2.05, 4.69) is 20.3 Å². The number of aliphatic hydroxyl groups excluding tert-OH is 2. The lowest BCUT2D eigenvalue weighted by Crippen LogP contribution is -2.34.